The molecule has 0 saturated heterocycles. The topological polar surface area (TPSA) is 59.8 Å². The van der Waals surface area contributed by atoms with Gasteiger partial charge in [0.15, 0.2) is 5.13 Å². The molecule has 2 heterocycles. The minimum absolute atomic E-state index is 0.0670. The van der Waals surface area contributed by atoms with Crippen molar-refractivity contribution in [2.45, 2.75) is 13.3 Å². The standard InChI is InChI=1S/C19H16N4OS/c1-13-3-8-16-17(11-13)25-19(21-16)22-18(24)12-14-4-6-15(7-5-14)23-10-2-9-20-23/h2-11H,12H2,1H3,(H,21,22,24). The molecule has 0 radical (unpaired) electrons. The summed E-state index contributed by atoms with van der Waals surface area (Å²) in [5.74, 6) is -0.0670. The van der Waals surface area contributed by atoms with E-state index in [0.717, 1.165) is 21.5 Å². The van der Waals surface area contributed by atoms with Crippen LogP contribution in [0.5, 0.6) is 0 Å². The zero-order valence-electron chi connectivity index (χ0n) is 13.6. The lowest BCUT2D eigenvalue weighted by atomic mass is 10.1. The highest BCUT2D eigenvalue weighted by Gasteiger charge is 2.09. The molecule has 0 aliphatic carbocycles. The van der Waals surface area contributed by atoms with Crippen LogP contribution in [0.1, 0.15) is 11.1 Å². The summed E-state index contributed by atoms with van der Waals surface area (Å²) in [6, 6.07) is 15.7. The molecular formula is C19H16N4OS. The third-order valence-corrected chi connectivity index (χ3v) is 4.79. The van der Waals surface area contributed by atoms with E-state index in [1.54, 1.807) is 10.9 Å². The molecule has 1 N–H and O–H groups in total. The smallest absolute Gasteiger partial charge is 0.230 e. The molecule has 0 spiro atoms. The molecule has 0 fully saturated rings. The molecule has 2 aromatic carbocycles. The molecule has 124 valence electrons. The van der Waals surface area contributed by atoms with Gasteiger partial charge in [0.05, 0.1) is 22.3 Å². The molecule has 0 aliphatic heterocycles. The van der Waals surface area contributed by atoms with E-state index in [-0.39, 0.29) is 5.91 Å². The van der Waals surface area contributed by atoms with Crippen molar-refractivity contribution in [2.24, 2.45) is 0 Å². The Balaban J connectivity index is 1.44. The van der Waals surface area contributed by atoms with E-state index in [0.29, 0.717) is 11.6 Å². The fraction of sp³-hybridized carbons (Fsp3) is 0.105. The van der Waals surface area contributed by atoms with E-state index in [9.17, 15) is 4.79 Å². The number of hydrogen-bond acceptors (Lipinski definition) is 4. The average molecular weight is 348 g/mol. The van der Waals surface area contributed by atoms with Gasteiger partial charge in [-0.2, -0.15) is 5.10 Å². The lowest BCUT2D eigenvalue weighted by molar-refractivity contribution is -0.115. The minimum atomic E-state index is -0.0670. The molecule has 0 aliphatic rings. The molecule has 5 nitrogen and oxygen atoms in total. The SMILES string of the molecule is Cc1ccc2nc(NC(=O)Cc3ccc(-n4cccn4)cc3)sc2c1. The van der Waals surface area contributed by atoms with Crippen LogP contribution in [0.15, 0.2) is 60.9 Å². The predicted molar refractivity (Wildman–Crippen MR) is 100 cm³/mol. The van der Waals surface area contributed by atoms with E-state index < -0.39 is 0 Å². The number of thiazole rings is 1. The van der Waals surface area contributed by atoms with Gasteiger partial charge in [0, 0.05) is 12.4 Å². The fourth-order valence-electron chi connectivity index (χ4n) is 2.62. The summed E-state index contributed by atoms with van der Waals surface area (Å²) in [6.07, 6.45) is 3.94. The first-order valence-corrected chi connectivity index (χ1v) is 8.75. The van der Waals surface area contributed by atoms with Crippen LogP contribution in [0, 0.1) is 6.92 Å². The van der Waals surface area contributed by atoms with Crippen molar-refractivity contribution in [1.29, 1.82) is 0 Å². The Morgan fingerprint density at radius 3 is 2.80 bits per heavy atom. The molecule has 2 aromatic heterocycles. The van der Waals surface area contributed by atoms with Gasteiger partial charge >= 0.3 is 0 Å². The van der Waals surface area contributed by atoms with Crippen molar-refractivity contribution in [3.8, 4) is 5.69 Å². The van der Waals surface area contributed by atoms with Crippen molar-refractivity contribution in [2.75, 3.05) is 5.32 Å². The number of aromatic nitrogens is 3. The highest BCUT2D eigenvalue weighted by Crippen LogP contribution is 2.26. The number of nitrogens with one attached hydrogen (secondary N) is 1. The summed E-state index contributed by atoms with van der Waals surface area (Å²) >= 11 is 1.50. The van der Waals surface area contributed by atoms with Gasteiger partial charge in [-0.1, -0.05) is 29.5 Å². The van der Waals surface area contributed by atoms with Crippen LogP contribution in [0.3, 0.4) is 0 Å². The van der Waals surface area contributed by atoms with E-state index in [4.69, 9.17) is 0 Å². The van der Waals surface area contributed by atoms with Crippen LogP contribution in [0.25, 0.3) is 15.9 Å². The number of benzene rings is 2. The van der Waals surface area contributed by atoms with Crippen molar-refractivity contribution < 1.29 is 4.79 Å². The second-order valence-electron chi connectivity index (χ2n) is 5.83. The van der Waals surface area contributed by atoms with Crippen LogP contribution < -0.4 is 5.32 Å². The summed E-state index contributed by atoms with van der Waals surface area (Å²) in [7, 11) is 0. The Morgan fingerprint density at radius 1 is 1.20 bits per heavy atom. The summed E-state index contributed by atoms with van der Waals surface area (Å²) < 4.78 is 2.87. The first kappa shape index (κ1) is 15.5. The summed E-state index contributed by atoms with van der Waals surface area (Å²) in [4.78, 5) is 16.7. The summed E-state index contributed by atoms with van der Waals surface area (Å²) in [5.41, 5.74) is 4.02. The Kier molecular flexibility index (Phi) is 4.03. The largest absolute Gasteiger partial charge is 0.302 e. The molecule has 0 unspecified atom stereocenters. The van der Waals surface area contributed by atoms with Gasteiger partial charge in [0.1, 0.15) is 0 Å². The molecule has 0 atom stereocenters. The lowest BCUT2D eigenvalue weighted by Gasteiger charge is -2.04. The monoisotopic (exact) mass is 348 g/mol. The molecular weight excluding hydrogens is 332 g/mol. The molecule has 1 amide bonds. The fourth-order valence-corrected chi connectivity index (χ4v) is 3.60. The van der Waals surface area contributed by atoms with E-state index in [1.807, 2.05) is 55.6 Å². The maximum atomic E-state index is 12.3. The van der Waals surface area contributed by atoms with E-state index in [2.05, 4.69) is 21.5 Å². The predicted octanol–water partition coefficient (Wildman–Crippen LogP) is 3.97. The first-order chi connectivity index (χ1) is 12.2. The Labute approximate surface area is 149 Å². The number of fused-ring (bicyclic) bond motifs is 1. The third-order valence-electron chi connectivity index (χ3n) is 3.86. The van der Waals surface area contributed by atoms with Crippen LogP contribution in [0.4, 0.5) is 5.13 Å². The van der Waals surface area contributed by atoms with Crippen LogP contribution in [-0.2, 0) is 11.2 Å². The molecule has 4 aromatic rings. The van der Waals surface area contributed by atoms with Gasteiger partial charge in [-0.25, -0.2) is 9.67 Å². The molecule has 4 rings (SSSR count). The number of carbonyl (C=O) groups is 1. The lowest BCUT2D eigenvalue weighted by Crippen LogP contribution is -2.14. The number of anilines is 1. The van der Waals surface area contributed by atoms with Gasteiger partial charge in [-0.05, 0) is 48.4 Å². The second-order valence-corrected chi connectivity index (χ2v) is 6.86. The quantitative estimate of drug-likeness (QED) is 0.607. The summed E-state index contributed by atoms with van der Waals surface area (Å²) in [5, 5.41) is 7.72. The van der Waals surface area contributed by atoms with Gasteiger partial charge in [0.2, 0.25) is 5.91 Å². The number of amides is 1. The van der Waals surface area contributed by atoms with Crippen molar-refractivity contribution in [3.05, 3.63) is 72.1 Å². The van der Waals surface area contributed by atoms with Gasteiger partial charge in [-0.15, -0.1) is 0 Å². The number of nitrogens with zero attached hydrogens (tertiary/aromatic N) is 3. The van der Waals surface area contributed by atoms with Gasteiger partial charge < -0.3 is 5.32 Å². The highest BCUT2D eigenvalue weighted by atomic mass is 32.1. The van der Waals surface area contributed by atoms with Crippen LogP contribution >= 0.6 is 11.3 Å². The maximum Gasteiger partial charge on any atom is 0.230 e. The molecule has 25 heavy (non-hydrogen) atoms. The van der Waals surface area contributed by atoms with Crippen LogP contribution in [-0.4, -0.2) is 20.7 Å². The molecule has 0 saturated carbocycles. The number of aryl methyl sites for hydroxylation is 1. The normalized spacial score (nSPS) is 10.9. The van der Waals surface area contributed by atoms with Gasteiger partial charge in [-0.3, -0.25) is 4.79 Å². The first-order valence-electron chi connectivity index (χ1n) is 7.93. The summed E-state index contributed by atoms with van der Waals surface area (Å²) in [6.45, 7) is 2.05. The minimum Gasteiger partial charge on any atom is -0.302 e. The van der Waals surface area contributed by atoms with E-state index in [1.165, 1.54) is 16.9 Å². The zero-order valence-corrected chi connectivity index (χ0v) is 14.5. The average Bonchev–Trinajstić information content (AvgIpc) is 3.24. The van der Waals surface area contributed by atoms with E-state index >= 15 is 0 Å². The Hall–Kier alpha value is -2.99. The van der Waals surface area contributed by atoms with Crippen LogP contribution in [0.2, 0.25) is 0 Å². The number of carbonyl (C=O) groups excluding carboxylic acids is 1. The molecule has 6 heteroatoms. The van der Waals surface area contributed by atoms with Gasteiger partial charge in [0.25, 0.3) is 0 Å². The highest BCUT2D eigenvalue weighted by molar-refractivity contribution is 7.22. The Bertz CT molecular complexity index is 1020. The number of rotatable bonds is 4. The van der Waals surface area contributed by atoms with Crippen molar-refractivity contribution >= 4 is 32.6 Å². The van der Waals surface area contributed by atoms with Crippen molar-refractivity contribution in [1.82, 2.24) is 14.8 Å². The zero-order chi connectivity index (χ0) is 17.2. The maximum absolute atomic E-state index is 12.3. The third kappa shape index (κ3) is 3.44. The van der Waals surface area contributed by atoms with Crippen molar-refractivity contribution in [3.63, 3.8) is 0 Å². The molecule has 0 bridgehead atoms. The second kappa shape index (κ2) is 6.49. The Morgan fingerprint density at radius 2 is 2.04 bits per heavy atom. The number of hydrogen-bond donors (Lipinski definition) is 1.